The van der Waals surface area contributed by atoms with Crippen molar-refractivity contribution in [3.05, 3.63) is 88.2 Å². The van der Waals surface area contributed by atoms with E-state index in [1.165, 1.54) is 36.5 Å². The number of anilines is 1. The molecule has 3 rings (SSSR count). The Morgan fingerprint density at radius 1 is 1.12 bits per heavy atom. The summed E-state index contributed by atoms with van der Waals surface area (Å²) < 4.78 is 44.6. The van der Waals surface area contributed by atoms with Gasteiger partial charge in [0.2, 0.25) is 5.91 Å². The summed E-state index contributed by atoms with van der Waals surface area (Å²) in [6, 6.07) is 13.4. The molecule has 0 spiro atoms. The number of hydrogen-bond donors (Lipinski definition) is 3. The van der Waals surface area contributed by atoms with Gasteiger partial charge in [-0.05, 0) is 48.0 Å². The van der Waals surface area contributed by atoms with E-state index in [2.05, 4.69) is 26.2 Å². The Morgan fingerprint density at radius 3 is 2.59 bits per heavy atom. The van der Waals surface area contributed by atoms with Gasteiger partial charge in [0, 0.05) is 28.5 Å². The van der Waals surface area contributed by atoms with Gasteiger partial charge in [-0.3, -0.25) is 15.2 Å². The van der Waals surface area contributed by atoms with Crippen LogP contribution in [0.5, 0.6) is 11.5 Å². The second kappa shape index (κ2) is 9.65. The highest BCUT2D eigenvalue weighted by Crippen LogP contribution is 2.36. The fraction of sp³-hybridized carbons (Fsp3) is 0.0455. The molecule has 1 aromatic heterocycles. The Kier molecular flexibility index (Phi) is 6.94. The summed E-state index contributed by atoms with van der Waals surface area (Å²) in [7, 11) is 0. The van der Waals surface area contributed by atoms with Crippen molar-refractivity contribution in [1.29, 1.82) is 5.41 Å². The predicted octanol–water partition coefficient (Wildman–Crippen LogP) is 5.59. The number of carbonyl (C=O) groups is 1. The van der Waals surface area contributed by atoms with Gasteiger partial charge in [0.15, 0.2) is 0 Å². The SMILES string of the molecule is N=C(N)c1cc(Oc2cccc(C=CC(=O)Nc3ccc(Br)c(C(F)(F)F)c3)c2)ccn1. The molecule has 0 unspecified atom stereocenters. The van der Waals surface area contributed by atoms with Gasteiger partial charge >= 0.3 is 6.18 Å². The van der Waals surface area contributed by atoms with E-state index in [-0.39, 0.29) is 21.7 Å². The molecule has 1 heterocycles. The number of halogens is 4. The van der Waals surface area contributed by atoms with Crippen molar-refractivity contribution in [2.75, 3.05) is 5.32 Å². The number of alkyl halides is 3. The van der Waals surface area contributed by atoms with Gasteiger partial charge in [0.25, 0.3) is 0 Å². The predicted molar refractivity (Wildman–Crippen MR) is 119 cm³/mol. The lowest BCUT2D eigenvalue weighted by atomic mass is 10.2. The lowest BCUT2D eigenvalue weighted by Gasteiger charge is -2.11. The molecule has 0 aliphatic heterocycles. The van der Waals surface area contributed by atoms with Crippen LogP contribution in [-0.2, 0) is 11.0 Å². The molecule has 1 amide bonds. The van der Waals surface area contributed by atoms with Crippen LogP contribution in [0.3, 0.4) is 0 Å². The molecule has 0 radical (unpaired) electrons. The summed E-state index contributed by atoms with van der Waals surface area (Å²) in [6.07, 6.45) is -0.379. The van der Waals surface area contributed by atoms with Crippen molar-refractivity contribution in [3.8, 4) is 11.5 Å². The highest BCUT2D eigenvalue weighted by molar-refractivity contribution is 9.10. The van der Waals surface area contributed by atoms with Crippen LogP contribution in [0.1, 0.15) is 16.8 Å². The number of ether oxygens (including phenoxy) is 1. The van der Waals surface area contributed by atoms with Gasteiger partial charge in [0.1, 0.15) is 23.0 Å². The maximum absolute atomic E-state index is 13.0. The van der Waals surface area contributed by atoms with Crippen LogP contribution >= 0.6 is 15.9 Å². The van der Waals surface area contributed by atoms with Crippen LogP contribution in [0, 0.1) is 5.41 Å². The molecule has 10 heteroatoms. The van der Waals surface area contributed by atoms with Crippen molar-refractivity contribution in [1.82, 2.24) is 4.98 Å². The maximum atomic E-state index is 13.0. The summed E-state index contributed by atoms with van der Waals surface area (Å²) in [5.41, 5.74) is 5.46. The second-order valence-corrected chi connectivity index (χ2v) is 7.33. The highest BCUT2D eigenvalue weighted by Gasteiger charge is 2.33. The molecule has 0 saturated carbocycles. The largest absolute Gasteiger partial charge is 0.457 e. The van der Waals surface area contributed by atoms with E-state index >= 15 is 0 Å². The average molecular weight is 505 g/mol. The van der Waals surface area contributed by atoms with E-state index in [1.807, 2.05) is 0 Å². The van der Waals surface area contributed by atoms with Crippen LogP contribution < -0.4 is 15.8 Å². The number of amides is 1. The molecule has 4 N–H and O–H groups in total. The van der Waals surface area contributed by atoms with E-state index in [0.29, 0.717) is 17.1 Å². The summed E-state index contributed by atoms with van der Waals surface area (Å²) in [6.45, 7) is 0. The third-order valence-corrected chi connectivity index (χ3v) is 4.76. The number of pyridine rings is 1. The van der Waals surface area contributed by atoms with Crippen molar-refractivity contribution in [3.63, 3.8) is 0 Å². The van der Waals surface area contributed by atoms with Gasteiger partial charge in [-0.2, -0.15) is 13.2 Å². The number of nitrogen functional groups attached to an aromatic ring is 1. The summed E-state index contributed by atoms with van der Waals surface area (Å²) in [5, 5.41) is 9.84. The fourth-order valence-electron chi connectivity index (χ4n) is 2.62. The Balaban J connectivity index is 1.69. The Labute approximate surface area is 189 Å². The standard InChI is InChI=1S/C22H16BrF3N4O2/c23-18-6-5-14(11-17(18)22(24,25)26)30-20(31)7-4-13-2-1-3-15(10-13)32-16-8-9-29-19(12-16)21(27)28/h1-12H,(H3,27,28)(H,30,31). The first-order valence-corrected chi connectivity index (χ1v) is 9.85. The van der Waals surface area contributed by atoms with Gasteiger partial charge in [-0.1, -0.05) is 28.1 Å². The van der Waals surface area contributed by atoms with E-state index in [9.17, 15) is 18.0 Å². The van der Waals surface area contributed by atoms with Crippen LogP contribution in [-0.4, -0.2) is 16.7 Å². The molecule has 164 valence electrons. The monoisotopic (exact) mass is 504 g/mol. The number of benzene rings is 2. The normalized spacial score (nSPS) is 11.4. The zero-order valence-electron chi connectivity index (χ0n) is 16.3. The van der Waals surface area contributed by atoms with Gasteiger partial charge in [-0.25, -0.2) is 0 Å². The number of aromatic nitrogens is 1. The molecule has 0 aliphatic carbocycles. The van der Waals surface area contributed by atoms with Crippen LogP contribution in [0.25, 0.3) is 6.08 Å². The molecule has 0 fully saturated rings. The Hall–Kier alpha value is -3.66. The van der Waals surface area contributed by atoms with E-state index < -0.39 is 17.6 Å². The molecule has 0 aliphatic rings. The molecular weight excluding hydrogens is 489 g/mol. The van der Waals surface area contributed by atoms with E-state index in [1.54, 1.807) is 30.3 Å². The molecule has 0 atom stereocenters. The molecule has 6 nitrogen and oxygen atoms in total. The van der Waals surface area contributed by atoms with E-state index in [0.717, 1.165) is 6.07 Å². The van der Waals surface area contributed by atoms with Crippen LogP contribution in [0.4, 0.5) is 18.9 Å². The van der Waals surface area contributed by atoms with Gasteiger partial charge in [-0.15, -0.1) is 0 Å². The highest BCUT2D eigenvalue weighted by atomic mass is 79.9. The third-order valence-electron chi connectivity index (χ3n) is 4.07. The Bertz CT molecular complexity index is 1200. The molecule has 2 aromatic carbocycles. The minimum atomic E-state index is -4.55. The summed E-state index contributed by atoms with van der Waals surface area (Å²) in [4.78, 5) is 16.1. The lowest BCUT2D eigenvalue weighted by Crippen LogP contribution is -2.12. The summed E-state index contributed by atoms with van der Waals surface area (Å²) >= 11 is 2.86. The lowest BCUT2D eigenvalue weighted by molar-refractivity contribution is -0.138. The Morgan fingerprint density at radius 2 is 1.88 bits per heavy atom. The van der Waals surface area contributed by atoms with Gasteiger partial charge < -0.3 is 15.8 Å². The second-order valence-electron chi connectivity index (χ2n) is 6.48. The smallest absolute Gasteiger partial charge is 0.417 e. The average Bonchev–Trinajstić information content (AvgIpc) is 2.73. The van der Waals surface area contributed by atoms with Crippen molar-refractivity contribution >= 4 is 39.4 Å². The number of nitrogens with zero attached hydrogens (tertiary/aromatic N) is 1. The van der Waals surface area contributed by atoms with Crippen molar-refractivity contribution in [2.24, 2.45) is 5.73 Å². The molecule has 32 heavy (non-hydrogen) atoms. The summed E-state index contributed by atoms with van der Waals surface area (Å²) in [5.74, 6) is 0.119. The number of carbonyl (C=O) groups excluding carboxylic acids is 1. The molecule has 0 bridgehead atoms. The molecule has 0 saturated heterocycles. The van der Waals surface area contributed by atoms with Crippen molar-refractivity contribution in [2.45, 2.75) is 6.18 Å². The fourth-order valence-corrected chi connectivity index (χ4v) is 3.09. The number of rotatable bonds is 6. The minimum Gasteiger partial charge on any atom is -0.457 e. The zero-order chi connectivity index (χ0) is 23.3. The van der Waals surface area contributed by atoms with Crippen molar-refractivity contribution < 1.29 is 22.7 Å². The number of nitrogens with one attached hydrogen (secondary N) is 2. The topological polar surface area (TPSA) is 101 Å². The van der Waals surface area contributed by atoms with Gasteiger partial charge in [0.05, 0.1) is 5.56 Å². The quantitative estimate of drug-likeness (QED) is 0.231. The maximum Gasteiger partial charge on any atom is 0.417 e. The first-order valence-electron chi connectivity index (χ1n) is 9.06. The van der Waals surface area contributed by atoms with Crippen LogP contribution in [0.2, 0.25) is 0 Å². The molecule has 3 aromatic rings. The number of amidine groups is 1. The van der Waals surface area contributed by atoms with Crippen LogP contribution in [0.15, 0.2) is 71.3 Å². The third kappa shape index (κ3) is 6.17. The first kappa shape index (κ1) is 23.0. The first-order chi connectivity index (χ1) is 15.1. The molecular formula is C22H16BrF3N4O2. The van der Waals surface area contributed by atoms with E-state index in [4.69, 9.17) is 15.9 Å². The number of hydrogen-bond acceptors (Lipinski definition) is 4. The number of nitrogens with two attached hydrogens (primary N) is 1. The minimum absolute atomic E-state index is 0.0196. The zero-order valence-corrected chi connectivity index (χ0v) is 17.9.